The molecule has 0 aliphatic carbocycles. The minimum absolute atomic E-state index is 0.0815. The quantitative estimate of drug-likeness (QED) is 0.182. The summed E-state index contributed by atoms with van der Waals surface area (Å²) in [7, 11) is 0. The van der Waals surface area contributed by atoms with Gasteiger partial charge in [-0.25, -0.2) is 0 Å². The summed E-state index contributed by atoms with van der Waals surface area (Å²) >= 11 is 0. The molecular weight excluding hydrogens is 437 g/mol. The molecule has 0 aliphatic heterocycles. The number of ether oxygens (including phenoxy) is 1. The normalized spacial score (nSPS) is 12.9. The van der Waals surface area contributed by atoms with E-state index in [2.05, 4.69) is 58.7 Å². The topological polar surface area (TPSA) is 61.8 Å². The van der Waals surface area contributed by atoms with E-state index in [9.17, 15) is 9.90 Å². The summed E-state index contributed by atoms with van der Waals surface area (Å²) in [6, 6.07) is 30.0. The lowest BCUT2D eigenvalue weighted by molar-refractivity contribution is -0.146. The van der Waals surface area contributed by atoms with Gasteiger partial charge in [0.05, 0.1) is 19.3 Å². The number of esters is 1. The van der Waals surface area contributed by atoms with Gasteiger partial charge in [-0.1, -0.05) is 97.4 Å². The van der Waals surface area contributed by atoms with E-state index in [4.69, 9.17) is 4.74 Å². The molecular formula is C30H38N2O3. The van der Waals surface area contributed by atoms with Crippen LogP contribution in [0.1, 0.15) is 48.9 Å². The van der Waals surface area contributed by atoms with E-state index in [0.717, 1.165) is 38.0 Å². The predicted molar refractivity (Wildman–Crippen MR) is 141 cm³/mol. The van der Waals surface area contributed by atoms with Crippen molar-refractivity contribution in [2.24, 2.45) is 0 Å². The van der Waals surface area contributed by atoms with E-state index in [0.29, 0.717) is 13.0 Å². The number of carbonyl (C=O) groups excluding carboxylic acids is 1. The molecule has 0 saturated heterocycles. The zero-order valence-electron chi connectivity index (χ0n) is 20.7. The van der Waals surface area contributed by atoms with Crippen LogP contribution >= 0.6 is 0 Å². The number of unbranched alkanes of at least 4 members (excludes halogenated alkanes) is 1. The Balaban J connectivity index is 1.58. The second-order valence-corrected chi connectivity index (χ2v) is 8.79. The Morgan fingerprint density at radius 2 is 1.40 bits per heavy atom. The van der Waals surface area contributed by atoms with Crippen LogP contribution in [0.4, 0.5) is 0 Å². The van der Waals surface area contributed by atoms with E-state index < -0.39 is 6.04 Å². The summed E-state index contributed by atoms with van der Waals surface area (Å²) in [5.74, 6) is -0.257. The van der Waals surface area contributed by atoms with Gasteiger partial charge in [0.15, 0.2) is 0 Å². The van der Waals surface area contributed by atoms with Crippen LogP contribution < -0.4 is 5.32 Å². The first-order valence-electron chi connectivity index (χ1n) is 12.6. The van der Waals surface area contributed by atoms with Crippen molar-refractivity contribution in [3.05, 3.63) is 108 Å². The lowest BCUT2D eigenvalue weighted by Gasteiger charge is -2.25. The number of carbonyl (C=O) groups is 1. The van der Waals surface area contributed by atoms with Gasteiger partial charge in [-0.2, -0.15) is 0 Å². The molecule has 35 heavy (non-hydrogen) atoms. The maximum Gasteiger partial charge on any atom is 0.323 e. The summed E-state index contributed by atoms with van der Waals surface area (Å²) in [5, 5.41) is 13.3. The minimum Gasteiger partial charge on any atom is -0.465 e. The molecule has 0 spiro atoms. The number of benzene rings is 3. The Morgan fingerprint density at radius 3 is 1.91 bits per heavy atom. The maximum atomic E-state index is 12.7. The molecule has 3 aromatic rings. The molecule has 3 aromatic carbocycles. The summed E-state index contributed by atoms with van der Waals surface area (Å²) in [6.07, 6.45) is 2.50. The zero-order valence-corrected chi connectivity index (χ0v) is 20.7. The van der Waals surface area contributed by atoms with E-state index in [1.54, 1.807) is 0 Å². The number of aliphatic hydroxyl groups is 1. The molecule has 0 saturated carbocycles. The number of nitrogens with one attached hydrogen (secondary N) is 1. The van der Waals surface area contributed by atoms with Crippen LogP contribution in [0.3, 0.4) is 0 Å². The first-order chi connectivity index (χ1) is 17.2. The average Bonchev–Trinajstić information content (AvgIpc) is 2.90. The lowest BCUT2D eigenvalue weighted by atomic mass is 10.1. The molecule has 0 aliphatic rings. The van der Waals surface area contributed by atoms with Crippen molar-refractivity contribution in [3.63, 3.8) is 0 Å². The van der Waals surface area contributed by atoms with Gasteiger partial charge in [-0.05, 0) is 43.0 Å². The van der Waals surface area contributed by atoms with Gasteiger partial charge >= 0.3 is 5.97 Å². The SMILES string of the molecule is CCOC(=O)[C@H](C[13CH2]CCN(Cc1ccccc1)Cc1ccccc1)N[C@H](CO)c1ccccc1. The largest absolute Gasteiger partial charge is 0.465 e. The summed E-state index contributed by atoms with van der Waals surface area (Å²) in [5.41, 5.74) is 3.55. The second kappa shape index (κ2) is 15.1. The summed E-state index contributed by atoms with van der Waals surface area (Å²) in [6.45, 7) is 4.78. The van der Waals surface area contributed by atoms with Crippen molar-refractivity contribution >= 4 is 5.97 Å². The Bertz CT molecular complexity index is 925. The summed E-state index contributed by atoms with van der Waals surface area (Å²) < 4.78 is 5.33. The average molecular weight is 476 g/mol. The van der Waals surface area contributed by atoms with Gasteiger partial charge in [0, 0.05) is 13.1 Å². The van der Waals surface area contributed by atoms with Crippen LogP contribution in [-0.2, 0) is 22.6 Å². The Labute approximate surface area is 209 Å². The maximum absolute atomic E-state index is 12.7. The fraction of sp³-hybridized carbons (Fsp3) is 0.367. The van der Waals surface area contributed by atoms with Gasteiger partial charge in [-0.3, -0.25) is 15.0 Å². The van der Waals surface area contributed by atoms with Crippen molar-refractivity contribution < 1.29 is 14.6 Å². The number of aliphatic hydroxyl groups excluding tert-OH is 1. The third kappa shape index (κ3) is 9.29. The molecule has 0 aromatic heterocycles. The Morgan fingerprint density at radius 1 is 0.857 bits per heavy atom. The van der Waals surface area contributed by atoms with Crippen LogP contribution in [0.15, 0.2) is 91.0 Å². The van der Waals surface area contributed by atoms with Crippen LogP contribution in [0.2, 0.25) is 0 Å². The highest BCUT2D eigenvalue weighted by atomic mass is 16.5. The molecule has 0 amide bonds. The van der Waals surface area contributed by atoms with Crippen LogP contribution in [0.5, 0.6) is 0 Å². The Hall–Kier alpha value is -2.99. The highest BCUT2D eigenvalue weighted by molar-refractivity contribution is 5.75. The Kier molecular flexibility index (Phi) is 11.5. The van der Waals surface area contributed by atoms with Crippen LogP contribution in [-0.4, -0.2) is 41.8 Å². The first-order valence-corrected chi connectivity index (χ1v) is 12.6. The molecule has 0 unspecified atom stereocenters. The minimum atomic E-state index is -0.455. The molecule has 2 N–H and O–H groups in total. The van der Waals surface area contributed by atoms with E-state index >= 15 is 0 Å². The van der Waals surface area contributed by atoms with Crippen LogP contribution in [0.25, 0.3) is 0 Å². The molecule has 0 bridgehead atoms. The highest BCUT2D eigenvalue weighted by Gasteiger charge is 2.23. The molecule has 186 valence electrons. The van der Waals surface area contributed by atoms with Crippen molar-refractivity contribution in [2.45, 2.75) is 51.4 Å². The number of hydrogen-bond donors (Lipinski definition) is 2. The molecule has 2 atom stereocenters. The molecule has 5 nitrogen and oxygen atoms in total. The van der Waals surface area contributed by atoms with Crippen molar-refractivity contribution in [2.75, 3.05) is 19.8 Å². The number of rotatable bonds is 15. The van der Waals surface area contributed by atoms with Gasteiger partial charge < -0.3 is 9.84 Å². The monoisotopic (exact) mass is 475 g/mol. The first kappa shape index (κ1) is 26.6. The highest BCUT2D eigenvalue weighted by Crippen LogP contribution is 2.16. The van der Waals surface area contributed by atoms with E-state index in [-0.39, 0.29) is 18.6 Å². The van der Waals surface area contributed by atoms with Crippen molar-refractivity contribution in [1.82, 2.24) is 10.2 Å². The molecule has 0 heterocycles. The van der Waals surface area contributed by atoms with Gasteiger partial charge in [0.25, 0.3) is 0 Å². The molecule has 3 rings (SSSR count). The summed E-state index contributed by atoms with van der Waals surface area (Å²) in [4.78, 5) is 15.1. The zero-order chi connectivity index (χ0) is 24.7. The van der Waals surface area contributed by atoms with Gasteiger partial charge in [0.2, 0.25) is 0 Å². The smallest absolute Gasteiger partial charge is 0.323 e. The third-order valence-corrected chi connectivity index (χ3v) is 6.07. The number of hydrogen-bond acceptors (Lipinski definition) is 5. The third-order valence-electron chi connectivity index (χ3n) is 6.07. The fourth-order valence-electron chi connectivity index (χ4n) is 4.28. The van der Waals surface area contributed by atoms with Crippen molar-refractivity contribution in [3.8, 4) is 0 Å². The molecule has 0 fully saturated rings. The molecule has 5 heteroatoms. The van der Waals surface area contributed by atoms with Crippen molar-refractivity contribution in [1.29, 1.82) is 0 Å². The lowest BCUT2D eigenvalue weighted by Crippen LogP contribution is -2.41. The van der Waals surface area contributed by atoms with Gasteiger partial charge in [-0.15, -0.1) is 0 Å². The number of nitrogens with zero attached hydrogens (tertiary/aromatic N) is 1. The molecule has 0 radical (unpaired) electrons. The fourth-order valence-corrected chi connectivity index (χ4v) is 4.28. The van der Waals surface area contributed by atoms with Crippen LogP contribution in [0, 0.1) is 0 Å². The standard InChI is InChI=1S/C30H38N2O3/c1-2-35-30(34)28(31-29(24-33)27-18-10-5-11-19-27)20-12-13-21-32(22-25-14-6-3-7-15-25)23-26-16-8-4-9-17-26/h3-11,14-19,28-29,31,33H,2,12-13,20-24H2,1H3/t28-,29+/m0/s1/i12+1. The van der Waals surface area contributed by atoms with Gasteiger partial charge in [0.1, 0.15) is 6.04 Å². The van der Waals surface area contributed by atoms with E-state index in [1.807, 2.05) is 49.4 Å². The predicted octanol–water partition coefficient (Wildman–Crippen LogP) is 5.11. The van der Waals surface area contributed by atoms with E-state index in [1.165, 1.54) is 11.1 Å². The second-order valence-electron chi connectivity index (χ2n) is 8.79.